The second-order valence-electron chi connectivity index (χ2n) is 4.84. The third-order valence-corrected chi connectivity index (χ3v) is 3.37. The van der Waals surface area contributed by atoms with Crippen LogP contribution in [0, 0.1) is 12.8 Å². The summed E-state index contributed by atoms with van der Waals surface area (Å²) >= 11 is 0. The lowest BCUT2D eigenvalue weighted by Gasteiger charge is -2.31. The Morgan fingerprint density at radius 3 is 3.00 bits per heavy atom. The van der Waals surface area contributed by atoms with Gasteiger partial charge in [-0.05, 0) is 32.2 Å². The van der Waals surface area contributed by atoms with E-state index in [1.54, 1.807) is 0 Å². The van der Waals surface area contributed by atoms with Crippen molar-refractivity contribution in [2.75, 3.05) is 19.7 Å². The minimum absolute atomic E-state index is 0.322. The summed E-state index contributed by atoms with van der Waals surface area (Å²) in [4.78, 5) is 2.42. The fourth-order valence-corrected chi connectivity index (χ4v) is 2.49. The monoisotopic (exact) mass is 223 g/mol. The van der Waals surface area contributed by atoms with Crippen LogP contribution in [0.1, 0.15) is 24.1 Å². The van der Waals surface area contributed by atoms with Crippen LogP contribution in [0.25, 0.3) is 0 Å². The third kappa shape index (κ3) is 2.62. The van der Waals surface area contributed by atoms with Gasteiger partial charge in [0.1, 0.15) is 0 Å². The number of aromatic nitrogens is 2. The van der Waals surface area contributed by atoms with Crippen molar-refractivity contribution >= 4 is 0 Å². The van der Waals surface area contributed by atoms with E-state index >= 15 is 0 Å². The molecule has 2 rings (SSSR count). The molecular weight excluding hydrogens is 202 g/mol. The highest BCUT2D eigenvalue weighted by Gasteiger charge is 2.20. The first-order valence-corrected chi connectivity index (χ1v) is 6.01. The Morgan fingerprint density at radius 2 is 2.38 bits per heavy atom. The Labute approximate surface area is 96.9 Å². The predicted octanol–water partition coefficient (Wildman–Crippen LogP) is 0.933. The molecule has 0 aromatic carbocycles. The number of aryl methyl sites for hydroxylation is 2. The first-order chi connectivity index (χ1) is 7.69. The number of aliphatic hydroxyl groups excluding tert-OH is 1. The van der Waals surface area contributed by atoms with Gasteiger partial charge in [0.05, 0.1) is 5.69 Å². The molecule has 1 aliphatic rings. The standard InChI is InChI=1S/C12H21N3O/c1-10-12(7-14(2)13-10)8-15-5-3-4-11(6-15)9-16/h7,11,16H,3-6,8-9H2,1-2H3/t11-/m1/s1. The summed E-state index contributed by atoms with van der Waals surface area (Å²) in [5.41, 5.74) is 2.43. The Balaban J connectivity index is 1.96. The van der Waals surface area contributed by atoms with E-state index in [1.165, 1.54) is 18.4 Å². The molecule has 1 fully saturated rings. The van der Waals surface area contributed by atoms with E-state index in [1.807, 2.05) is 11.7 Å². The van der Waals surface area contributed by atoms with E-state index < -0.39 is 0 Å². The Bertz CT molecular complexity index is 348. The van der Waals surface area contributed by atoms with Gasteiger partial charge < -0.3 is 5.11 Å². The molecule has 1 saturated heterocycles. The van der Waals surface area contributed by atoms with Crippen molar-refractivity contribution in [1.29, 1.82) is 0 Å². The van der Waals surface area contributed by atoms with Crippen molar-refractivity contribution in [2.45, 2.75) is 26.3 Å². The fraction of sp³-hybridized carbons (Fsp3) is 0.750. The number of aliphatic hydroxyl groups is 1. The summed E-state index contributed by atoms with van der Waals surface area (Å²) in [7, 11) is 1.96. The van der Waals surface area contributed by atoms with Crippen molar-refractivity contribution in [2.24, 2.45) is 13.0 Å². The summed E-state index contributed by atoms with van der Waals surface area (Å²) < 4.78 is 1.87. The summed E-state index contributed by atoms with van der Waals surface area (Å²) in [6.07, 6.45) is 4.46. The molecule has 16 heavy (non-hydrogen) atoms. The van der Waals surface area contributed by atoms with E-state index in [4.69, 9.17) is 0 Å². The molecule has 4 nitrogen and oxygen atoms in total. The third-order valence-electron chi connectivity index (χ3n) is 3.37. The highest BCUT2D eigenvalue weighted by molar-refractivity contribution is 5.15. The molecular formula is C12H21N3O. The van der Waals surface area contributed by atoms with E-state index in [-0.39, 0.29) is 0 Å². The van der Waals surface area contributed by atoms with Gasteiger partial charge in [-0.2, -0.15) is 5.10 Å². The molecule has 0 bridgehead atoms. The van der Waals surface area contributed by atoms with Crippen LogP contribution in [0.3, 0.4) is 0 Å². The number of rotatable bonds is 3. The van der Waals surface area contributed by atoms with Crippen molar-refractivity contribution in [3.63, 3.8) is 0 Å². The van der Waals surface area contributed by atoms with Gasteiger partial charge in [0.25, 0.3) is 0 Å². The highest BCUT2D eigenvalue weighted by Crippen LogP contribution is 2.18. The maximum atomic E-state index is 9.19. The maximum absolute atomic E-state index is 9.19. The van der Waals surface area contributed by atoms with Crippen LogP contribution in [0.5, 0.6) is 0 Å². The average molecular weight is 223 g/mol. The summed E-state index contributed by atoms with van der Waals surface area (Å²) in [6.45, 7) is 5.51. The second kappa shape index (κ2) is 4.97. The SMILES string of the molecule is Cc1nn(C)cc1CN1CCC[C@@H](CO)C1. The van der Waals surface area contributed by atoms with Crippen molar-refractivity contribution in [3.05, 3.63) is 17.5 Å². The normalized spacial score (nSPS) is 22.6. The van der Waals surface area contributed by atoms with Crippen LogP contribution in [-0.4, -0.2) is 39.5 Å². The minimum Gasteiger partial charge on any atom is -0.396 e. The number of nitrogens with zero attached hydrogens (tertiary/aromatic N) is 3. The van der Waals surface area contributed by atoms with E-state index in [9.17, 15) is 5.11 Å². The number of piperidine rings is 1. The molecule has 4 heteroatoms. The molecule has 90 valence electrons. The molecule has 1 atom stereocenters. The van der Waals surface area contributed by atoms with Gasteiger partial charge in [-0.25, -0.2) is 0 Å². The van der Waals surface area contributed by atoms with E-state index in [0.29, 0.717) is 12.5 Å². The smallest absolute Gasteiger partial charge is 0.0638 e. The van der Waals surface area contributed by atoms with Gasteiger partial charge in [0.2, 0.25) is 0 Å². The molecule has 0 spiro atoms. The largest absolute Gasteiger partial charge is 0.396 e. The number of likely N-dealkylation sites (tertiary alicyclic amines) is 1. The van der Waals surface area contributed by atoms with Gasteiger partial charge >= 0.3 is 0 Å². The van der Waals surface area contributed by atoms with Crippen molar-refractivity contribution in [1.82, 2.24) is 14.7 Å². The molecule has 0 radical (unpaired) electrons. The number of hydrogen-bond acceptors (Lipinski definition) is 3. The topological polar surface area (TPSA) is 41.3 Å². The van der Waals surface area contributed by atoms with Crippen LogP contribution < -0.4 is 0 Å². The molecule has 1 aromatic heterocycles. The molecule has 0 aliphatic carbocycles. The van der Waals surface area contributed by atoms with Gasteiger partial charge in [-0.3, -0.25) is 9.58 Å². The molecule has 1 N–H and O–H groups in total. The van der Waals surface area contributed by atoms with Crippen LogP contribution in [0.15, 0.2) is 6.20 Å². The van der Waals surface area contributed by atoms with Crippen molar-refractivity contribution in [3.8, 4) is 0 Å². The molecule has 2 heterocycles. The van der Waals surface area contributed by atoms with E-state index in [2.05, 4.69) is 23.1 Å². The Kier molecular flexibility index (Phi) is 3.61. The highest BCUT2D eigenvalue weighted by atomic mass is 16.3. The Morgan fingerprint density at radius 1 is 1.56 bits per heavy atom. The van der Waals surface area contributed by atoms with Crippen LogP contribution >= 0.6 is 0 Å². The fourth-order valence-electron chi connectivity index (χ4n) is 2.49. The summed E-state index contributed by atoms with van der Waals surface area (Å²) in [5, 5.41) is 13.5. The van der Waals surface area contributed by atoms with Crippen LogP contribution in [0.2, 0.25) is 0 Å². The van der Waals surface area contributed by atoms with Crippen molar-refractivity contribution < 1.29 is 5.11 Å². The first-order valence-electron chi connectivity index (χ1n) is 6.01. The zero-order valence-corrected chi connectivity index (χ0v) is 10.2. The van der Waals surface area contributed by atoms with Gasteiger partial charge in [-0.1, -0.05) is 0 Å². The summed E-state index contributed by atoms with van der Waals surface area (Å²) in [6, 6.07) is 0. The summed E-state index contributed by atoms with van der Waals surface area (Å²) in [5.74, 6) is 0.464. The lowest BCUT2D eigenvalue weighted by atomic mass is 9.99. The molecule has 1 aliphatic heterocycles. The first kappa shape index (κ1) is 11.6. The van der Waals surface area contributed by atoms with E-state index in [0.717, 1.165) is 25.3 Å². The second-order valence-corrected chi connectivity index (χ2v) is 4.84. The molecule has 1 aromatic rings. The lowest BCUT2D eigenvalue weighted by Crippen LogP contribution is -2.36. The zero-order valence-electron chi connectivity index (χ0n) is 10.2. The van der Waals surface area contributed by atoms with Gasteiger partial charge in [0.15, 0.2) is 0 Å². The Hall–Kier alpha value is -0.870. The van der Waals surface area contributed by atoms with Gasteiger partial charge in [-0.15, -0.1) is 0 Å². The molecule has 0 unspecified atom stereocenters. The quantitative estimate of drug-likeness (QED) is 0.829. The zero-order chi connectivity index (χ0) is 11.5. The predicted molar refractivity (Wildman–Crippen MR) is 63.0 cm³/mol. The molecule has 0 amide bonds. The minimum atomic E-state index is 0.322. The lowest BCUT2D eigenvalue weighted by molar-refractivity contribution is 0.116. The van der Waals surface area contributed by atoms with Crippen LogP contribution in [-0.2, 0) is 13.6 Å². The van der Waals surface area contributed by atoms with Gasteiger partial charge in [0, 0.05) is 38.5 Å². The average Bonchev–Trinajstić information content (AvgIpc) is 2.58. The molecule has 0 saturated carbocycles. The van der Waals surface area contributed by atoms with Crippen LogP contribution in [0.4, 0.5) is 0 Å². The maximum Gasteiger partial charge on any atom is 0.0638 e. The number of hydrogen-bond donors (Lipinski definition) is 1.